The first-order valence-corrected chi connectivity index (χ1v) is 6.79. The second-order valence-corrected chi connectivity index (χ2v) is 4.36. The zero-order valence-electron chi connectivity index (χ0n) is 12.3. The van der Waals surface area contributed by atoms with Gasteiger partial charge >= 0.3 is 5.97 Å². The lowest BCUT2D eigenvalue weighted by Crippen LogP contribution is -2.04. The first-order valence-electron chi connectivity index (χ1n) is 6.79. The van der Waals surface area contributed by atoms with E-state index in [4.69, 9.17) is 4.74 Å². The molecule has 0 amide bonds. The second-order valence-electron chi connectivity index (χ2n) is 4.36. The van der Waals surface area contributed by atoms with Gasteiger partial charge in [0.2, 0.25) is 0 Å². The number of nitro benzene ring substituents is 1. The van der Waals surface area contributed by atoms with E-state index in [2.05, 4.69) is 15.8 Å². The number of benzene rings is 2. The number of rotatable bonds is 6. The number of nitrogens with one attached hydrogen (secondary N) is 1. The molecule has 0 bridgehead atoms. The van der Waals surface area contributed by atoms with Crippen molar-refractivity contribution in [2.75, 3.05) is 12.0 Å². The Kier molecular flexibility index (Phi) is 5.35. The maximum atomic E-state index is 11.8. The Bertz CT molecular complexity index is 746. The van der Waals surface area contributed by atoms with Crippen LogP contribution in [0.1, 0.15) is 17.3 Å². The zero-order chi connectivity index (χ0) is 16.7. The summed E-state index contributed by atoms with van der Waals surface area (Å²) in [6.07, 6.45) is 0. The normalized spacial score (nSPS) is 10.5. The lowest BCUT2D eigenvalue weighted by atomic mass is 10.2. The van der Waals surface area contributed by atoms with E-state index in [0.717, 1.165) is 0 Å². The van der Waals surface area contributed by atoms with Crippen molar-refractivity contribution < 1.29 is 14.5 Å². The monoisotopic (exact) mass is 314 g/mol. The maximum Gasteiger partial charge on any atom is 0.340 e. The van der Waals surface area contributed by atoms with Gasteiger partial charge in [-0.25, -0.2) is 4.79 Å². The molecule has 0 saturated heterocycles. The second kappa shape index (κ2) is 7.64. The fourth-order valence-electron chi connectivity index (χ4n) is 1.77. The van der Waals surface area contributed by atoms with E-state index >= 15 is 0 Å². The lowest BCUT2D eigenvalue weighted by molar-refractivity contribution is -0.384. The third-order valence-corrected chi connectivity index (χ3v) is 2.79. The number of esters is 1. The largest absolute Gasteiger partial charge is 0.462 e. The van der Waals surface area contributed by atoms with Gasteiger partial charge in [0, 0.05) is 12.1 Å². The van der Waals surface area contributed by atoms with Crippen LogP contribution in [0.2, 0.25) is 0 Å². The van der Waals surface area contributed by atoms with Crippen LogP contribution in [-0.4, -0.2) is 17.5 Å². The highest BCUT2D eigenvalue weighted by Crippen LogP contribution is 2.21. The van der Waals surface area contributed by atoms with Crippen LogP contribution in [0.25, 0.3) is 0 Å². The minimum absolute atomic E-state index is 0.0582. The van der Waals surface area contributed by atoms with E-state index in [0.29, 0.717) is 16.9 Å². The van der Waals surface area contributed by atoms with E-state index in [1.807, 2.05) is 0 Å². The van der Waals surface area contributed by atoms with Gasteiger partial charge in [-0.1, -0.05) is 23.4 Å². The molecular formula is C15H14N4O4. The summed E-state index contributed by atoms with van der Waals surface area (Å²) in [7, 11) is 0. The summed E-state index contributed by atoms with van der Waals surface area (Å²) in [5.74, 6) is -0.489. The molecule has 0 aliphatic heterocycles. The first kappa shape index (κ1) is 16.1. The van der Waals surface area contributed by atoms with Crippen molar-refractivity contribution in [2.45, 2.75) is 6.92 Å². The molecule has 2 rings (SSSR count). The first-order chi connectivity index (χ1) is 11.1. The summed E-state index contributed by atoms with van der Waals surface area (Å²) in [4.78, 5) is 22.0. The van der Waals surface area contributed by atoms with E-state index < -0.39 is 10.9 Å². The van der Waals surface area contributed by atoms with Crippen LogP contribution in [0.15, 0.2) is 58.9 Å². The van der Waals surface area contributed by atoms with Crippen LogP contribution in [0.4, 0.5) is 17.1 Å². The predicted molar refractivity (Wildman–Crippen MR) is 83.6 cm³/mol. The zero-order valence-corrected chi connectivity index (χ0v) is 12.3. The quantitative estimate of drug-likeness (QED) is 0.377. The lowest BCUT2D eigenvalue weighted by Gasteiger charge is -2.04. The Morgan fingerprint density at radius 1 is 1.26 bits per heavy atom. The molecule has 8 nitrogen and oxygen atoms in total. The molecule has 1 N–H and O–H groups in total. The predicted octanol–water partition coefficient (Wildman–Crippen LogP) is 3.88. The molecule has 2 aromatic carbocycles. The standard InChI is InChI=1S/C15H14N4O4/c1-2-23-15(20)13-8-3-4-9-14(13)17-18-16-11-6-5-7-12(10-11)19(21)22/h3-10H,2H2,1H3,(H,16,17). The Balaban J connectivity index is 2.13. The Morgan fingerprint density at radius 3 is 2.78 bits per heavy atom. The van der Waals surface area contributed by atoms with Crippen molar-refractivity contribution in [1.82, 2.24) is 0 Å². The van der Waals surface area contributed by atoms with Crippen molar-refractivity contribution in [3.8, 4) is 0 Å². The molecule has 0 atom stereocenters. The molecule has 0 unspecified atom stereocenters. The number of carbonyl (C=O) groups is 1. The van der Waals surface area contributed by atoms with Crippen LogP contribution in [-0.2, 0) is 4.74 Å². The molecule has 23 heavy (non-hydrogen) atoms. The van der Waals surface area contributed by atoms with Crippen LogP contribution < -0.4 is 5.43 Å². The molecular weight excluding hydrogens is 300 g/mol. The third kappa shape index (κ3) is 4.34. The summed E-state index contributed by atoms with van der Waals surface area (Å²) < 4.78 is 4.94. The molecule has 0 aliphatic carbocycles. The summed E-state index contributed by atoms with van der Waals surface area (Å²) >= 11 is 0. The molecule has 0 aliphatic rings. The molecule has 118 valence electrons. The van der Waals surface area contributed by atoms with Gasteiger partial charge in [0.05, 0.1) is 22.8 Å². The summed E-state index contributed by atoms with van der Waals surface area (Å²) in [6, 6.07) is 12.5. The summed E-state index contributed by atoms with van der Waals surface area (Å²) in [6.45, 7) is 1.97. The highest BCUT2D eigenvalue weighted by atomic mass is 16.6. The molecule has 8 heteroatoms. The number of hydrogen-bond acceptors (Lipinski definition) is 6. The summed E-state index contributed by atoms with van der Waals surface area (Å²) in [5, 5.41) is 18.4. The van der Waals surface area contributed by atoms with Crippen molar-refractivity contribution in [3.05, 3.63) is 64.2 Å². The van der Waals surface area contributed by atoms with Gasteiger partial charge in [-0.3, -0.25) is 15.5 Å². The molecule has 0 spiro atoms. The molecule has 0 aromatic heterocycles. The van der Waals surface area contributed by atoms with Crippen molar-refractivity contribution in [3.63, 3.8) is 0 Å². The molecule has 0 radical (unpaired) electrons. The van der Waals surface area contributed by atoms with Gasteiger partial charge in [-0.15, -0.1) is 5.11 Å². The summed E-state index contributed by atoms with van der Waals surface area (Å²) in [5.41, 5.74) is 3.57. The van der Waals surface area contributed by atoms with Crippen LogP contribution in [0.5, 0.6) is 0 Å². The van der Waals surface area contributed by atoms with Gasteiger partial charge in [-0.2, -0.15) is 0 Å². The Hall–Kier alpha value is -3.29. The number of ether oxygens (including phenoxy) is 1. The van der Waals surface area contributed by atoms with Gasteiger partial charge in [0.25, 0.3) is 5.69 Å². The smallest absolute Gasteiger partial charge is 0.340 e. The van der Waals surface area contributed by atoms with Crippen LogP contribution in [0.3, 0.4) is 0 Å². The Labute approximate surface area is 131 Å². The van der Waals surface area contributed by atoms with Gasteiger partial charge in [0.15, 0.2) is 0 Å². The molecule has 0 saturated carbocycles. The number of anilines is 1. The van der Waals surface area contributed by atoms with Crippen molar-refractivity contribution in [2.24, 2.45) is 10.3 Å². The SMILES string of the molecule is CCOC(=O)c1ccccc1N=NNc1cccc([N+](=O)[O-])c1. The number of non-ortho nitro benzene ring substituents is 1. The van der Waals surface area contributed by atoms with Gasteiger partial charge in [-0.05, 0) is 25.1 Å². The highest BCUT2D eigenvalue weighted by Gasteiger charge is 2.11. The van der Waals surface area contributed by atoms with Crippen molar-refractivity contribution in [1.29, 1.82) is 0 Å². The highest BCUT2D eigenvalue weighted by molar-refractivity contribution is 5.94. The minimum atomic E-state index is -0.502. The van der Waals surface area contributed by atoms with Crippen molar-refractivity contribution >= 4 is 23.0 Å². The van der Waals surface area contributed by atoms with Gasteiger partial charge < -0.3 is 4.74 Å². The average molecular weight is 314 g/mol. The fraction of sp³-hybridized carbons (Fsp3) is 0.133. The van der Waals surface area contributed by atoms with E-state index in [1.54, 1.807) is 37.3 Å². The van der Waals surface area contributed by atoms with Crippen LogP contribution in [0, 0.1) is 10.1 Å². The maximum absolute atomic E-state index is 11.8. The van der Waals surface area contributed by atoms with E-state index in [9.17, 15) is 14.9 Å². The third-order valence-electron chi connectivity index (χ3n) is 2.79. The van der Waals surface area contributed by atoms with Crippen LogP contribution >= 0.6 is 0 Å². The Morgan fingerprint density at radius 2 is 2.04 bits per heavy atom. The minimum Gasteiger partial charge on any atom is -0.462 e. The average Bonchev–Trinajstić information content (AvgIpc) is 2.56. The van der Waals surface area contributed by atoms with Gasteiger partial charge in [0.1, 0.15) is 5.69 Å². The number of carbonyl (C=O) groups excluding carboxylic acids is 1. The molecule has 0 heterocycles. The molecule has 0 fully saturated rings. The topological polar surface area (TPSA) is 106 Å². The van der Waals surface area contributed by atoms with E-state index in [-0.39, 0.29) is 12.3 Å². The number of nitro groups is 1. The number of hydrogen-bond donors (Lipinski definition) is 1. The fourth-order valence-corrected chi connectivity index (χ4v) is 1.77. The molecule has 2 aromatic rings. The van der Waals surface area contributed by atoms with E-state index in [1.165, 1.54) is 18.2 Å². The number of nitrogens with zero attached hydrogens (tertiary/aromatic N) is 3.